The van der Waals surface area contributed by atoms with Gasteiger partial charge in [0.25, 0.3) is 5.91 Å². The molecule has 3 aromatic rings. The van der Waals surface area contributed by atoms with E-state index in [-0.39, 0.29) is 24.7 Å². The molecule has 7 heteroatoms. The minimum atomic E-state index is -0.681. The van der Waals surface area contributed by atoms with Gasteiger partial charge in [0.15, 0.2) is 0 Å². The van der Waals surface area contributed by atoms with Gasteiger partial charge >= 0.3 is 6.09 Å². The average molecular weight is 474 g/mol. The highest BCUT2D eigenvalue weighted by Gasteiger charge is 2.16. The van der Waals surface area contributed by atoms with Crippen LogP contribution >= 0.6 is 0 Å². The van der Waals surface area contributed by atoms with Crippen molar-refractivity contribution in [1.29, 1.82) is 0 Å². The molecule has 0 saturated carbocycles. The van der Waals surface area contributed by atoms with Crippen LogP contribution in [0.5, 0.6) is 0 Å². The van der Waals surface area contributed by atoms with Crippen LogP contribution in [0.1, 0.15) is 41.9 Å². The Hall–Kier alpha value is -4.13. The third-order valence-corrected chi connectivity index (χ3v) is 5.56. The summed E-state index contributed by atoms with van der Waals surface area (Å²) in [6, 6.07) is 29.8. The van der Waals surface area contributed by atoms with E-state index in [1.54, 1.807) is 7.05 Å². The van der Waals surface area contributed by atoms with Crippen molar-refractivity contribution in [2.45, 2.75) is 31.7 Å². The van der Waals surface area contributed by atoms with E-state index >= 15 is 0 Å². The number of benzene rings is 3. The van der Waals surface area contributed by atoms with Crippen LogP contribution in [-0.2, 0) is 21.0 Å². The SMILES string of the molecule is CN(Cc1ccccc1)C(=O)ONC(=O)CCC(=O)NCCC(c1ccccc1)c1ccccc1. The second-order valence-electron chi connectivity index (χ2n) is 8.25. The molecule has 0 bridgehead atoms. The van der Waals surface area contributed by atoms with E-state index in [0.717, 1.165) is 12.0 Å². The summed E-state index contributed by atoms with van der Waals surface area (Å²) in [4.78, 5) is 42.5. The molecule has 0 fully saturated rings. The van der Waals surface area contributed by atoms with Crippen molar-refractivity contribution in [2.24, 2.45) is 0 Å². The number of hydrogen-bond donors (Lipinski definition) is 2. The Morgan fingerprint density at radius 3 is 1.86 bits per heavy atom. The quantitative estimate of drug-likeness (QED) is 0.427. The lowest BCUT2D eigenvalue weighted by Crippen LogP contribution is -2.35. The van der Waals surface area contributed by atoms with Gasteiger partial charge in [-0.1, -0.05) is 91.0 Å². The first kappa shape index (κ1) is 25.5. The Labute approximate surface area is 206 Å². The Morgan fingerprint density at radius 2 is 1.29 bits per heavy atom. The number of amides is 3. The van der Waals surface area contributed by atoms with Crippen molar-refractivity contribution in [1.82, 2.24) is 15.7 Å². The number of rotatable bonds is 10. The van der Waals surface area contributed by atoms with Crippen LogP contribution in [0.3, 0.4) is 0 Å². The topological polar surface area (TPSA) is 87.7 Å². The van der Waals surface area contributed by atoms with Crippen molar-refractivity contribution < 1.29 is 19.2 Å². The Morgan fingerprint density at radius 1 is 0.771 bits per heavy atom. The van der Waals surface area contributed by atoms with Gasteiger partial charge in [0.2, 0.25) is 5.91 Å². The molecule has 0 radical (unpaired) electrons. The second kappa shape index (κ2) is 13.5. The largest absolute Gasteiger partial charge is 0.434 e. The molecule has 7 nitrogen and oxygen atoms in total. The molecule has 182 valence electrons. The standard InChI is InChI=1S/C28H31N3O4/c1-31(21-22-11-5-2-6-12-22)28(34)35-30-27(33)18-17-26(32)29-20-19-25(23-13-7-3-8-14-23)24-15-9-4-10-16-24/h2-16,25H,17-21H2,1H3,(H,29,32)(H,30,33). The molecule has 0 aliphatic rings. The highest BCUT2D eigenvalue weighted by atomic mass is 16.7. The molecular formula is C28H31N3O4. The molecule has 3 amide bonds. The monoisotopic (exact) mass is 473 g/mol. The first-order chi connectivity index (χ1) is 17.0. The van der Waals surface area contributed by atoms with E-state index in [1.165, 1.54) is 16.0 Å². The molecular weight excluding hydrogens is 442 g/mol. The third kappa shape index (κ3) is 8.62. The summed E-state index contributed by atoms with van der Waals surface area (Å²) in [6.07, 6.45) is -0.0240. The van der Waals surface area contributed by atoms with Crippen LogP contribution in [0, 0.1) is 0 Å². The summed E-state index contributed by atoms with van der Waals surface area (Å²) in [6.45, 7) is 0.832. The fourth-order valence-corrected chi connectivity index (χ4v) is 3.72. The molecule has 0 spiro atoms. The summed E-state index contributed by atoms with van der Waals surface area (Å²) >= 11 is 0. The van der Waals surface area contributed by atoms with Crippen LogP contribution in [0.4, 0.5) is 4.79 Å². The lowest BCUT2D eigenvalue weighted by atomic mass is 9.88. The van der Waals surface area contributed by atoms with Gasteiger partial charge in [-0.05, 0) is 23.1 Å². The molecule has 0 aliphatic heterocycles. The van der Waals surface area contributed by atoms with Crippen molar-refractivity contribution >= 4 is 17.9 Å². The summed E-state index contributed by atoms with van der Waals surface area (Å²) < 4.78 is 0. The molecule has 2 N–H and O–H groups in total. The van der Waals surface area contributed by atoms with E-state index in [0.29, 0.717) is 13.1 Å². The van der Waals surface area contributed by atoms with Gasteiger partial charge in [-0.25, -0.2) is 4.79 Å². The number of hydroxylamine groups is 1. The highest BCUT2D eigenvalue weighted by molar-refractivity contribution is 5.83. The number of nitrogens with one attached hydrogen (secondary N) is 2. The lowest BCUT2D eigenvalue weighted by molar-refractivity contribution is -0.132. The van der Waals surface area contributed by atoms with Crippen LogP contribution in [0.15, 0.2) is 91.0 Å². The van der Waals surface area contributed by atoms with Crippen molar-refractivity contribution in [3.63, 3.8) is 0 Å². The van der Waals surface area contributed by atoms with E-state index in [4.69, 9.17) is 4.84 Å². The van der Waals surface area contributed by atoms with E-state index in [1.807, 2.05) is 66.7 Å². The predicted octanol–water partition coefficient (Wildman–Crippen LogP) is 4.40. The number of nitrogens with zero attached hydrogens (tertiary/aromatic N) is 1. The zero-order valence-corrected chi connectivity index (χ0v) is 19.9. The molecule has 0 heterocycles. The first-order valence-electron chi connectivity index (χ1n) is 11.6. The molecule has 0 saturated heterocycles. The maximum Gasteiger partial charge on any atom is 0.434 e. The van der Waals surface area contributed by atoms with Gasteiger partial charge < -0.3 is 15.1 Å². The van der Waals surface area contributed by atoms with Crippen LogP contribution in [-0.4, -0.2) is 36.4 Å². The predicted molar refractivity (Wildman–Crippen MR) is 134 cm³/mol. The second-order valence-corrected chi connectivity index (χ2v) is 8.25. The molecule has 0 aliphatic carbocycles. The van der Waals surface area contributed by atoms with E-state index in [9.17, 15) is 14.4 Å². The fraction of sp³-hybridized carbons (Fsp3) is 0.250. The third-order valence-electron chi connectivity index (χ3n) is 5.56. The first-order valence-corrected chi connectivity index (χ1v) is 11.6. The summed E-state index contributed by atoms with van der Waals surface area (Å²) in [5.41, 5.74) is 5.43. The van der Waals surface area contributed by atoms with Crippen molar-refractivity contribution in [3.8, 4) is 0 Å². The summed E-state index contributed by atoms with van der Waals surface area (Å²) in [5.74, 6) is -0.603. The van der Waals surface area contributed by atoms with Crippen LogP contribution in [0.2, 0.25) is 0 Å². The summed E-state index contributed by atoms with van der Waals surface area (Å²) in [5, 5.41) is 2.88. The number of carbonyl (C=O) groups is 3. The summed E-state index contributed by atoms with van der Waals surface area (Å²) in [7, 11) is 1.58. The zero-order chi connectivity index (χ0) is 24.9. The molecule has 35 heavy (non-hydrogen) atoms. The Kier molecular flexibility index (Phi) is 9.87. The molecule has 0 atom stereocenters. The Balaban J connectivity index is 1.37. The fourth-order valence-electron chi connectivity index (χ4n) is 3.72. The van der Waals surface area contributed by atoms with Crippen molar-refractivity contribution in [3.05, 3.63) is 108 Å². The average Bonchev–Trinajstić information content (AvgIpc) is 2.90. The smallest absolute Gasteiger partial charge is 0.356 e. The number of hydrogen-bond acceptors (Lipinski definition) is 4. The zero-order valence-electron chi connectivity index (χ0n) is 19.9. The van der Waals surface area contributed by atoms with Gasteiger partial charge in [0.1, 0.15) is 0 Å². The molecule has 0 aromatic heterocycles. The van der Waals surface area contributed by atoms with Gasteiger partial charge in [-0.2, -0.15) is 5.48 Å². The highest BCUT2D eigenvalue weighted by Crippen LogP contribution is 2.27. The Bertz CT molecular complexity index is 1040. The van der Waals surface area contributed by atoms with E-state index < -0.39 is 12.0 Å². The number of carbonyl (C=O) groups excluding carboxylic acids is 3. The van der Waals surface area contributed by atoms with Crippen molar-refractivity contribution in [2.75, 3.05) is 13.6 Å². The van der Waals surface area contributed by atoms with E-state index in [2.05, 4.69) is 35.1 Å². The molecule has 3 aromatic carbocycles. The maximum atomic E-state index is 12.2. The van der Waals surface area contributed by atoms with Crippen LogP contribution < -0.4 is 10.8 Å². The lowest BCUT2D eigenvalue weighted by Gasteiger charge is -2.18. The molecule has 0 unspecified atom stereocenters. The van der Waals surface area contributed by atoms with Gasteiger partial charge in [-0.3, -0.25) is 9.59 Å². The van der Waals surface area contributed by atoms with Gasteiger partial charge in [0, 0.05) is 38.9 Å². The van der Waals surface area contributed by atoms with Crippen LogP contribution in [0.25, 0.3) is 0 Å². The normalized spacial score (nSPS) is 10.5. The maximum absolute atomic E-state index is 12.2. The van der Waals surface area contributed by atoms with Gasteiger partial charge in [-0.15, -0.1) is 0 Å². The minimum absolute atomic E-state index is 0.00454. The minimum Gasteiger partial charge on any atom is -0.356 e. The molecule has 3 rings (SSSR count). The van der Waals surface area contributed by atoms with Gasteiger partial charge in [0.05, 0.1) is 0 Å².